The summed E-state index contributed by atoms with van der Waals surface area (Å²) < 4.78 is 5.14. The first kappa shape index (κ1) is 11.6. The van der Waals surface area contributed by atoms with Crippen molar-refractivity contribution in [3.8, 4) is 5.75 Å². The van der Waals surface area contributed by atoms with Crippen LogP contribution in [0.3, 0.4) is 0 Å². The van der Waals surface area contributed by atoms with Crippen molar-refractivity contribution < 1.29 is 9.53 Å². The van der Waals surface area contributed by atoms with Crippen molar-refractivity contribution in [3.63, 3.8) is 0 Å². The van der Waals surface area contributed by atoms with E-state index < -0.39 is 0 Å². The van der Waals surface area contributed by atoms with E-state index in [0.717, 1.165) is 12.0 Å². The van der Waals surface area contributed by atoms with Crippen LogP contribution in [-0.4, -0.2) is 19.6 Å². The zero-order chi connectivity index (χ0) is 11.3. The number of hydrogen-bond acceptors (Lipinski definition) is 2. The van der Waals surface area contributed by atoms with Gasteiger partial charge >= 0.3 is 0 Å². The Hall–Kier alpha value is -1.51. The fourth-order valence-electron chi connectivity index (χ4n) is 1.33. The molecule has 1 amide bonds. The third-order valence-corrected chi connectivity index (χ3v) is 2.14. The number of methoxy groups -OCH3 is 1. The minimum Gasteiger partial charge on any atom is -0.496 e. The molecule has 1 aromatic rings. The average molecular weight is 207 g/mol. The number of ether oxygens (including phenoxy) is 1. The van der Waals surface area contributed by atoms with Gasteiger partial charge in [-0.05, 0) is 25.5 Å². The summed E-state index contributed by atoms with van der Waals surface area (Å²) in [6.07, 6.45) is 0.930. The molecule has 0 atom stereocenters. The maximum absolute atomic E-state index is 11.7. The molecule has 0 aromatic heterocycles. The van der Waals surface area contributed by atoms with Crippen LogP contribution in [0.1, 0.15) is 29.3 Å². The maximum atomic E-state index is 11.7. The van der Waals surface area contributed by atoms with Gasteiger partial charge in [-0.1, -0.05) is 18.6 Å². The molecule has 3 heteroatoms. The second-order valence-corrected chi connectivity index (χ2v) is 3.46. The molecule has 1 N–H and O–H groups in total. The number of aryl methyl sites for hydroxylation is 1. The summed E-state index contributed by atoms with van der Waals surface area (Å²) in [5, 5.41) is 2.83. The molecule has 0 saturated heterocycles. The lowest BCUT2D eigenvalue weighted by Crippen LogP contribution is -2.24. The molecule has 0 radical (unpaired) electrons. The van der Waals surface area contributed by atoms with Crippen molar-refractivity contribution in [2.24, 2.45) is 0 Å². The molecular weight excluding hydrogens is 190 g/mol. The van der Waals surface area contributed by atoms with Crippen LogP contribution in [0.4, 0.5) is 0 Å². The Morgan fingerprint density at radius 1 is 1.47 bits per heavy atom. The summed E-state index contributed by atoms with van der Waals surface area (Å²) in [5.41, 5.74) is 1.66. The van der Waals surface area contributed by atoms with Gasteiger partial charge in [-0.3, -0.25) is 4.79 Å². The quantitative estimate of drug-likeness (QED) is 0.821. The van der Waals surface area contributed by atoms with E-state index in [-0.39, 0.29) is 5.91 Å². The fourth-order valence-corrected chi connectivity index (χ4v) is 1.33. The lowest BCUT2D eigenvalue weighted by Gasteiger charge is -2.09. The Morgan fingerprint density at radius 2 is 2.20 bits per heavy atom. The summed E-state index contributed by atoms with van der Waals surface area (Å²) in [7, 11) is 1.57. The summed E-state index contributed by atoms with van der Waals surface area (Å²) in [6, 6.07) is 5.58. The van der Waals surface area contributed by atoms with Gasteiger partial charge < -0.3 is 10.1 Å². The van der Waals surface area contributed by atoms with E-state index in [1.54, 1.807) is 7.11 Å². The minimum atomic E-state index is -0.0719. The molecule has 1 aromatic carbocycles. The molecule has 0 aliphatic heterocycles. The Labute approximate surface area is 90.4 Å². The molecular formula is C12H17NO2. The molecule has 0 saturated carbocycles. The number of carbonyl (C=O) groups excluding carboxylic acids is 1. The highest BCUT2D eigenvalue weighted by Gasteiger charge is 2.11. The van der Waals surface area contributed by atoms with E-state index in [1.165, 1.54) is 0 Å². The summed E-state index contributed by atoms with van der Waals surface area (Å²) in [6.45, 7) is 4.67. The van der Waals surface area contributed by atoms with Gasteiger partial charge in [-0.2, -0.15) is 0 Å². The van der Waals surface area contributed by atoms with E-state index >= 15 is 0 Å². The van der Waals surface area contributed by atoms with E-state index in [9.17, 15) is 4.79 Å². The van der Waals surface area contributed by atoms with Gasteiger partial charge in [0.05, 0.1) is 12.7 Å². The molecule has 3 nitrogen and oxygen atoms in total. The van der Waals surface area contributed by atoms with Crippen molar-refractivity contribution in [2.45, 2.75) is 20.3 Å². The van der Waals surface area contributed by atoms with E-state index in [0.29, 0.717) is 17.9 Å². The number of carbonyl (C=O) groups is 1. The van der Waals surface area contributed by atoms with Gasteiger partial charge in [0, 0.05) is 6.54 Å². The lowest BCUT2D eigenvalue weighted by atomic mass is 10.1. The van der Waals surface area contributed by atoms with Crippen molar-refractivity contribution in [3.05, 3.63) is 29.3 Å². The van der Waals surface area contributed by atoms with E-state index in [2.05, 4.69) is 5.32 Å². The molecule has 0 unspecified atom stereocenters. The van der Waals surface area contributed by atoms with Crippen LogP contribution in [-0.2, 0) is 0 Å². The minimum absolute atomic E-state index is 0.0719. The first-order valence-electron chi connectivity index (χ1n) is 5.12. The zero-order valence-electron chi connectivity index (χ0n) is 9.46. The van der Waals surface area contributed by atoms with Crippen LogP contribution in [0.15, 0.2) is 18.2 Å². The highest BCUT2D eigenvalue weighted by molar-refractivity contribution is 5.97. The first-order chi connectivity index (χ1) is 7.19. The van der Waals surface area contributed by atoms with Crippen LogP contribution in [0.5, 0.6) is 5.75 Å². The second-order valence-electron chi connectivity index (χ2n) is 3.46. The van der Waals surface area contributed by atoms with Crippen molar-refractivity contribution in [2.75, 3.05) is 13.7 Å². The van der Waals surface area contributed by atoms with Gasteiger partial charge in [-0.25, -0.2) is 0 Å². The maximum Gasteiger partial charge on any atom is 0.255 e. The molecule has 1 rings (SSSR count). The van der Waals surface area contributed by atoms with Gasteiger partial charge in [0.25, 0.3) is 5.91 Å². The highest BCUT2D eigenvalue weighted by Crippen LogP contribution is 2.19. The molecule has 0 fully saturated rings. The van der Waals surface area contributed by atoms with E-state index in [4.69, 9.17) is 4.74 Å². The predicted octanol–water partition coefficient (Wildman–Crippen LogP) is 2.14. The molecule has 15 heavy (non-hydrogen) atoms. The van der Waals surface area contributed by atoms with Gasteiger partial charge in [-0.15, -0.1) is 0 Å². The Balaban J connectivity index is 2.90. The molecule has 0 spiro atoms. The SMILES string of the molecule is CCCNC(=O)c1cc(C)ccc1OC. The van der Waals surface area contributed by atoms with Gasteiger partial charge in [0.15, 0.2) is 0 Å². The number of nitrogens with one attached hydrogen (secondary N) is 1. The highest BCUT2D eigenvalue weighted by atomic mass is 16.5. The van der Waals surface area contributed by atoms with E-state index in [1.807, 2.05) is 32.0 Å². The topological polar surface area (TPSA) is 38.3 Å². The molecule has 82 valence electrons. The number of amides is 1. The molecule has 0 bridgehead atoms. The van der Waals surface area contributed by atoms with Crippen molar-refractivity contribution in [1.29, 1.82) is 0 Å². The molecule has 0 aliphatic carbocycles. The molecule has 0 aliphatic rings. The van der Waals surface area contributed by atoms with Gasteiger partial charge in [0.1, 0.15) is 5.75 Å². The average Bonchev–Trinajstić information content (AvgIpc) is 2.25. The van der Waals surface area contributed by atoms with Crippen molar-refractivity contribution >= 4 is 5.91 Å². The predicted molar refractivity (Wildman–Crippen MR) is 60.4 cm³/mol. The second kappa shape index (κ2) is 5.39. The largest absolute Gasteiger partial charge is 0.496 e. The number of hydrogen-bond donors (Lipinski definition) is 1. The Morgan fingerprint density at radius 3 is 2.80 bits per heavy atom. The monoisotopic (exact) mass is 207 g/mol. The van der Waals surface area contributed by atoms with Crippen LogP contribution < -0.4 is 10.1 Å². The summed E-state index contributed by atoms with van der Waals surface area (Å²) in [4.78, 5) is 11.7. The zero-order valence-corrected chi connectivity index (χ0v) is 9.46. The number of rotatable bonds is 4. The summed E-state index contributed by atoms with van der Waals surface area (Å²) >= 11 is 0. The Bertz CT molecular complexity index is 347. The third-order valence-electron chi connectivity index (χ3n) is 2.14. The van der Waals surface area contributed by atoms with Gasteiger partial charge in [0.2, 0.25) is 0 Å². The summed E-state index contributed by atoms with van der Waals surface area (Å²) in [5.74, 6) is 0.548. The standard InChI is InChI=1S/C12H17NO2/c1-4-7-13-12(14)10-8-9(2)5-6-11(10)15-3/h5-6,8H,4,7H2,1-3H3,(H,13,14). The fraction of sp³-hybridized carbons (Fsp3) is 0.417. The van der Waals surface area contributed by atoms with Crippen molar-refractivity contribution in [1.82, 2.24) is 5.32 Å². The third kappa shape index (κ3) is 2.98. The van der Waals surface area contributed by atoms with Crippen LogP contribution >= 0.6 is 0 Å². The molecule has 0 heterocycles. The smallest absolute Gasteiger partial charge is 0.255 e. The first-order valence-corrected chi connectivity index (χ1v) is 5.12. The normalized spacial score (nSPS) is 9.80. The lowest BCUT2D eigenvalue weighted by molar-refractivity contribution is 0.0950. The van der Waals surface area contributed by atoms with Crippen LogP contribution in [0.25, 0.3) is 0 Å². The Kier molecular flexibility index (Phi) is 4.16. The van der Waals surface area contributed by atoms with Crippen LogP contribution in [0, 0.1) is 6.92 Å². The number of benzene rings is 1. The van der Waals surface area contributed by atoms with Crippen LogP contribution in [0.2, 0.25) is 0 Å².